The molecule has 7 heteroatoms. The van der Waals surface area contributed by atoms with E-state index in [2.05, 4.69) is 0 Å². The van der Waals surface area contributed by atoms with Gasteiger partial charge in [0.15, 0.2) is 11.6 Å². The summed E-state index contributed by atoms with van der Waals surface area (Å²) < 4.78 is 23.8. The maximum Gasteiger partial charge on any atom is 0.193 e. The van der Waals surface area contributed by atoms with Gasteiger partial charge >= 0.3 is 0 Å². The van der Waals surface area contributed by atoms with Crippen LogP contribution in [-0.4, -0.2) is 36.0 Å². The minimum atomic E-state index is -0.128. The van der Waals surface area contributed by atoms with Gasteiger partial charge in [-0.15, -0.1) is 0 Å². The standard InChI is InChI=1S/C45H38O7/c1-49-42-4-2-3-5-43(42)52-41-28-16-35(17-29-41)45(48)34-14-26-40(27-15-34)51-38-22-10-31(11-23-38)30-8-20-37(21-9-30)50-39-24-12-33(13-25-39)44(47)32-6-18-36(46)19-7-32/h6-29,42-43,46H,2-5H2,1H3. The van der Waals surface area contributed by atoms with E-state index in [1.807, 2.05) is 60.7 Å². The minimum absolute atomic E-state index is 0.0350. The molecule has 0 heterocycles. The third-order valence-electron chi connectivity index (χ3n) is 9.22. The maximum absolute atomic E-state index is 13.2. The zero-order chi connectivity index (χ0) is 35.9. The number of carbonyl (C=O) groups excluding carboxylic acids is 2. The molecule has 6 aromatic carbocycles. The highest BCUT2D eigenvalue weighted by Crippen LogP contribution is 2.30. The monoisotopic (exact) mass is 690 g/mol. The van der Waals surface area contributed by atoms with E-state index in [1.54, 1.807) is 79.9 Å². The Labute approximate surface area is 303 Å². The van der Waals surface area contributed by atoms with Crippen molar-refractivity contribution in [2.45, 2.75) is 37.9 Å². The molecule has 1 fully saturated rings. The van der Waals surface area contributed by atoms with Crippen LogP contribution >= 0.6 is 0 Å². The number of hydrogen-bond donors (Lipinski definition) is 1. The van der Waals surface area contributed by atoms with Gasteiger partial charge in [0.2, 0.25) is 0 Å². The van der Waals surface area contributed by atoms with E-state index in [-0.39, 0.29) is 29.5 Å². The first-order valence-electron chi connectivity index (χ1n) is 17.4. The Morgan fingerprint density at radius 3 is 1.17 bits per heavy atom. The summed E-state index contributed by atoms with van der Waals surface area (Å²) in [7, 11) is 1.73. The zero-order valence-electron chi connectivity index (χ0n) is 28.7. The van der Waals surface area contributed by atoms with Crippen molar-refractivity contribution in [3.8, 4) is 45.6 Å². The second-order valence-electron chi connectivity index (χ2n) is 12.7. The van der Waals surface area contributed by atoms with E-state index in [0.717, 1.165) is 42.6 Å². The molecule has 0 amide bonds. The Morgan fingerprint density at radius 2 is 0.788 bits per heavy atom. The van der Waals surface area contributed by atoms with Crippen molar-refractivity contribution in [2.24, 2.45) is 0 Å². The largest absolute Gasteiger partial charge is 0.508 e. The Hall–Kier alpha value is -6.18. The molecule has 0 radical (unpaired) electrons. The van der Waals surface area contributed by atoms with Gasteiger partial charge in [0.1, 0.15) is 40.6 Å². The van der Waals surface area contributed by atoms with Gasteiger partial charge in [-0.3, -0.25) is 9.59 Å². The van der Waals surface area contributed by atoms with Crippen molar-refractivity contribution in [1.82, 2.24) is 0 Å². The van der Waals surface area contributed by atoms with Gasteiger partial charge in [-0.05, 0) is 152 Å². The molecule has 0 bridgehead atoms. The second-order valence-corrected chi connectivity index (χ2v) is 12.7. The lowest BCUT2D eigenvalue weighted by Gasteiger charge is -2.30. The van der Waals surface area contributed by atoms with Gasteiger partial charge in [-0.25, -0.2) is 0 Å². The number of phenols is 1. The van der Waals surface area contributed by atoms with E-state index < -0.39 is 0 Å². The molecule has 0 aliphatic heterocycles. The van der Waals surface area contributed by atoms with Crippen molar-refractivity contribution in [1.29, 1.82) is 0 Å². The van der Waals surface area contributed by atoms with Crippen LogP contribution in [0.5, 0.6) is 34.5 Å². The lowest BCUT2D eigenvalue weighted by Crippen LogP contribution is -2.36. The van der Waals surface area contributed by atoms with Crippen molar-refractivity contribution < 1.29 is 33.6 Å². The van der Waals surface area contributed by atoms with Crippen molar-refractivity contribution in [2.75, 3.05) is 7.11 Å². The van der Waals surface area contributed by atoms with Gasteiger partial charge in [0, 0.05) is 29.4 Å². The second kappa shape index (κ2) is 15.8. The molecule has 2 unspecified atom stereocenters. The SMILES string of the molecule is COC1CCCCC1Oc1ccc(C(=O)c2ccc(Oc3ccc(-c4ccc(Oc5ccc(C(=O)c6ccc(O)cc6)cc5)cc4)cc3)cc2)cc1. The molecule has 7 nitrogen and oxygen atoms in total. The molecule has 0 spiro atoms. The molecule has 1 aliphatic carbocycles. The average molecular weight is 691 g/mol. The topological polar surface area (TPSA) is 91.3 Å². The molecular formula is C45H38O7. The maximum atomic E-state index is 13.2. The van der Waals surface area contributed by atoms with Crippen LogP contribution in [0.25, 0.3) is 11.1 Å². The summed E-state index contributed by atoms with van der Waals surface area (Å²) in [5, 5.41) is 9.47. The summed E-state index contributed by atoms with van der Waals surface area (Å²) >= 11 is 0. The van der Waals surface area contributed by atoms with Gasteiger partial charge in [0.25, 0.3) is 0 Å². The van der Waals surface area contributed by atoms with Gasteiger partial charge in [-0.1, -0.05) is 30.7 Å². The fourth-order valence-corrected chi connectivity index (χ4v) is 6.32. The summed E-state index contributed by atoms with van der Waals surface area (Å²) in [6.45, 7) is 0. The van der Waals surface area contributed by atoms with Crippen LogP contribution in [0.4, 0.5) is 0 Å². The number of ketones is 2. The highest BCUT2D eigenvalue weighted by Gasteiger charge is 2.26. The van der Waals surface area contributed by atoms with E-state index in [0.29, 0.717) is 45.3 Å². The van der Waals surface area contributed by atoms with E-state index >= 15 is 0 Å². The van der Waals surface area contributed by atoms with Crippen LogP contribution in [0.15, 0.2) is 146 Å². The van der Waals surface area contributed by atoms with Crippen molar-refractivity contribution >= 4 is 11.6 Å². The number of benzene rings is 6. The van der Waals surface area contributed by atoms with Crippen LogP contribution in [-0.2, 0) is 4.74 Å². The Morgan fingerprint density at radius 1 is 0.462 bits per heavy atom. The normalized spacial score (nSPS) is 15.4. The highest BCUT2D eigenvalue weighted by molar-refractivity contribution is 6.09. The molecule has 1 N–H and O–H groups in total. The lowest BCUT2D eigenvalue weighted by molar-refractivity contribution is -0.0229. The molecule has 1 saturated carbocycles. The number of hydrogen-bond acceptors (Lipinski definition) is 7. The average Bonchev–Trinajstić information content (AvgIpc) is 3.19. The fraction of sp³-hybridized carbons (Fsp3) is 0.156. The molecule has 2 atom stereocenters. The molecule has 0 saturated heterocycles. The Kier molecular flexibility index (Phi) is 10.4. The first kappa shape index (κ1) is 34.3. The zero-order valence-corrected chi connectivity index (χ0v) is 28.7. The number of aromatic hydroxyl groups is 1. The van der Waals surface area contributed by atoms with Crippen molar-refractivity contribution in [3.05, 3.63) is 168 Å². The number of rotatable bonds is 12. The van der Waals surface area contributed by atoms with E-state index in [9.17, 15) is 14.7 Å². The molecule has 6 aromatic rings. The summed E-state index contributed by atoms with van der Waals surface area (Å²) in [5.41, 5.74) is 4.25. The third-order valence-corrected chi connectivity index (χ3v) is 9.22. The fourth-order valence-electron chi connectivity index (χ4n) is 6.32. The number of phenolic OH excluding ortho intramolecular Hbond substituents is 1. The predicted molar refractivity (Wildman–Crippen MR) is 200 cm³/mol. The van der Waals surface area contributed by atoms with Crippen LogP contribution in [0, 0.1) is 0 Å². The van der Waals surface area contributed by atoms with Gasteiger partial charge in [0.05, 0.1) is 6.10 Å². The minimum Gasteiger partial charge on any atom is -0.508 e. The molecule has 1 aliphatic rings. The number of carbonyl (C=O) groups is 2. The highest BCUT2D eigenvalue weighted by atomic mass is 16.5. The van der Waals surface area contributed by atoms with E-state index in [4.69, 9.17) is 18.9 Å². The van der Waals surface area contributed by atoms with E-state index in [1.165, 1.54) is 12.1 Å². The van der Waals surface area contributed by atoms with Crippen LogP contribution < -0.4 is 14.2 Å². The smallest absolute Gasteiger partial charge is 0.193 e. The summed E-state index contributed by atoms with van der Waals surface area (Å²) in [6.07, 6.45) is 4.40. The summed E-state index contributed by atoms with van der Waals surface area (Å²) in [4.78, 5) is 25.9. The van der Waals surface area contributed by atoms with Crippen LogP contribution in [0.3, 0.4) is 0 Å². The Balaban J connectivity index is 0.911. The molecule has 52 heavy (non-hydrogen) atoms. The predicted octanol–water partition coefficient (Wildman–Crippen LogP) is 10.4. The van der Waals surface area contributed by atoms with Crippen molar-refractivity contribution in [3.63, 3.8) is 0 Å². The first-order valence-corrected chi connectivity index (χ1v) is 17.4. The summed E-state index contributed by atoms with van der Waals surface area (Å²) in [5.74, 6) is 3.26. The molecule has 7 rings (SSSR count). The van der Waals surface area contributed by atoms with Crippen LogP contribution in [0.2, 0.25) is 0 Å². The molecule has 260 valence electrons. The lowest BCUT2D eigenvalue weighted by atomic mass is 9.94. The summed E-state index contributed by atoms with van der Waals surface area (Å²) in [6, 6.07) is 43.2. The first-order chi connectivity index (χ1) is 25.4. The number of ether oxygens (including phenoxy) is 4. The third kappa shape index (κ3) is 8.23. The number of methoxy groups -OCH3 is 1. The van der Waals surface area contributed by atoms with Gasteiger partial charge in [-0.2, -0.15) is 0 Å². The van der Waals surface area contributed by atoms with Crippen LogP contribution in [0.1, 0.15) is 57.5 Å². The molecule has 0 aromatic heterocycles. The Bertz CT molecular complexity index is 2100. The quantitative estimate of drug-likeness (QED) is 0.128. The van der Waals surface area contributed by atoms with Gasteiger partial charge < -0.3 is 24.1 Å². The molecular weight excluding hydrogens is 652 g/mol.